The highest BCUT2D eigenvalue weighted by Crippen LogP contribution is 2.38. The third kappa shape index (κ3) is 4.86. The fourth-order valence-electron chi connectivity index (χ4n) is 2.77. The number of carbonyl (C=O) groups is 1. The number of rotatable bonds is 5. The SMILES string of the molecule is CC(C)(C)C(=O)NC(CCB1OC(C)(C)C(C)(C)O1)c1ccccc1. The lowest BCUT2D eigenvalue weighted by Gasteiger charge is -2.32. The monoisotopic (exact) mass is 345 g/mol. The van der Waals surface area contributed by atoms with Gasteiger partial charge in [-0.3, -0.25) is 4.79 Å². The molecule has 1 atom stereocenters. The molecule has 0 radical (unpaired) electrons. The third-order valence-corrected chi connectivity index (χ3v) is 5.18. The molecule has 138 valence electrons. The van der Waals surface area contributed by atoms with E-state index in [2.05, 4.69) is 45.1 Å². The molecule has 0 saturated carbocycles. The van der Waals surface area contributed by atoms with Crippen molar-refractivity contribution in [3.8, 4) is 0 Å². The van der Waals surface area contributed by atoms with Crippen LogP contribution < -0.4 is 5.32 Å². The van der Waals surface area contributed by atoms with Gasteiger partial charge in [0.25, 0.3) is 0 Å². The van der Waals surface area contributed by atoms with Crippen molar-refractivity contribution in [2.45, 2.75) is 78.5 Å². The van der Waals surface area contributed by atoms with Gasteiger partial charge in [0.2, 0.25) is 5.91 Å². The highest BCUT2D eigenvalue weighted by Gasteiger charge is 2.50. The molecular weight excluding hydrogens is 313 g/mol. The van der Waals surface area contributed by atoms with Crippen molar-refractivity contribution in [3.63, 3.8) is 0 Å². The molecule has 1 aliphatic heterocycles. The van der Waals surface area contributed by atoms with Crippen LogP contribution >= 0.6 is 0 Å². The van der Waals surface area contributed by atoms with Gasteiger partial charge in [0.15, 0.2) is 0 Å². The molecule has 1 heterocycles. The zero-order valence-corrected chi connectivity index (χ0v) is 16.7. The van der Waals surface area contributed by atoms with Crippen LogP contribution in [0.4, 0.5) is 0 Å². The van der Waals surface area contributed by atoms with Gasteiger partial charge in [0, 0.05) is 5.41 Å². The molecule has 1 fully saturated rings. The Hall–Kier alpha value is -1.33. The second-order valence-corrected chi connectivity index (χ2v) is 8.95. The summed E-state index contributed by atoms with van der Waals surface area (Å²) in [5.41, 5.74) is 0.0390. The van der Waals surface area contributed by atoms with Crippen molar-refractivity contribution in [1.82, 2.24) is 5.32 Å². The van der Waals surface area contributed by atoms with E-state index in [9.17, 15) is 4.79 Å². The summed E-state index contributed by atoms with van der Waals surface area (Å²) in [5.74, 6) is 0.0512. The molecule has 1 saturated heterocycles. The number of nitrogens with one attached hydrogen (secondary N) is 1. The number of benzene rings is 1. The second-order valence-electron chi connectivity index (χ2n) is 8.95. The molecule has 0 aliphatic carbocycles. The fraction of sp³-hybridized carbons (Fsp3) is 0.650. The Labute approximate surface area is 152 Å². The van der Waals surface area contributed by atoms with Crippen LogP contribution in [0.5, 0.6) is 0 Å². The van der Waals surface area contributed by atoms with Gasteiger partial charge in [-0.15, -0.1) is 0 Å². The average Bonchev–Trinajstić information content (AvgIpc) is 2.70. The van der Waals surface area contributed by atoms with Gasteiger partial charge in [-0.05, 0) is 46.0 Å². The summed E-state index contributed by atoms with van der Waals surface area (Å²) < 4.78 is 12.2. The number of hydrogen-bond donors (Lipinski definition) is 1. The molecule has 1 aromatic rings. The zero-order chi connectivity index (χ0) is 18.9. The summed E-state index contributed by atoms with van der Waals surface area (Å²) in [6.45, 7) is 14.0. The standard InChI is InChI=1S/C20H32BNO3/c1-18(2,3)17(23)22-16(15-11-9-8-10-12-15)13-14-21-24-19(4,5)20(6,7)25-21/h8-12,16H,13-14H2,1-7H3,(H,22,23). The normalized spacial score (nSPS) is 20.4. The highest BCUT2D eigenvalue weighted by atomic mass is 16.7. The van der Waals surface area contributed by atoms with E-state index in [-0.39, 0.29) is 30.3 Å². The highest BCUT2D eigenvalue weighted by molar-refractivity contribution is 6.45. The van der Waals surface area contributed by atoms with Gasteiger partial charge in [-0.25, -0.2) is 0 Å². The molecule has 0 aromatic heterocycles. The third-order valence-electron chi connectivity index (χ3n) is 5.18. The summed E-state index contributed by atoms with van der Waals surface area (Å²) in [5, 5.41) is 3.19. The van der Waals surface area contributed by atoms with Crippen molar-refractivity contribution in [2.75, 3.05) is 0 Å². The minimum absolute atomic E-state index is 0.0491. The summed E-state index contributed by atoms with van der Waals surface area (Å²) in [6.07, 6.45) is 1.50. The van der Waals surface area contributed by atoms with Gasteiger partial charge < -0.3 is 14.6 Å². The Morgan fingerprint density at radius 3 is 2.08 bits per heavy atom. The van der Waals surface area contributed by atoms with Crippen LogP contribution in [-0.2, 0) is 14.1 Å². The minimum Gasteiger partial charge on any atom is -0.403 e. The van der Waals surface area contributed by atoms with Crippen LogP contribution in [0.3, 0.4) is 0 Å². The molecule has 0 bridgehead atoms. The molecule has 1 amide bonds. The van der Waals surface area contributed by atoms with Crippen LogP contribution in [0.1, 0.15) is 66.5 Å². The molecule has 25 heavy (non-hydrogen) atoms. The molecule has 1 aliphatic rings. The smallest absolute Gasteiger partial charge is 0.403 e. The Morgan fingerprint density at radius 2 is 1.60 bits per heavy atom. The molecule has 2 rings (SSSR count). The van der Waals surface area contributed by atoms with E-state index in [1.165, 1.54) is 0 Å². The van der Waals surface area contributed by atoms with E-state index in [1.807, 2.05) is 39.0 Å². The van der Waals surface area contributed by atoms with Gasteiger partial charge in [0.1, 0.15) is 0 Å². The zero-order valence-electron chi connectivity index (χ0n) is 16.7. The fourth-order valence-corrected chi connectivity index (χ4v) is 2.77. The van der Waals surface area contributed by atoms with E-state index < -0.39 is 5.41 Å². The number of carbonyl (C=O) groups excluding carboxylic acids is 1. The van der Waals surface area contributed by atoms with Crippen molar-refractivity contribution >= 4 is 13.0 Å². The molecule has 1 aromatic carbocycles. The van der Waals surface area contributed by atoms with Crippen molar-refractivity contribution in [3.05, 3.63) is 35.9 Å². The topological polar surface area (TPSA) is 47.6 Å². The summed E-state index contributed by atoms with van der Waals surface area (Å²) >= 11 is 0. The first-order chi connectivity index (χ1) is 11.4. The van der Waals surface area contributed by atoms with Crippen LogP contribution in [0.2, 0.25) is 6.32 Å². The van der Waals surface area contributed by atoms with E-state index >= 15 is 0 Å². The Bertz CT molecular complexity index is 577. The predicted octanol–water partition coefficient (Wildman–Crippen LogP) is 4.37. The van der Waals surface area contributed by atoms with Gasteiger partial charge in [0.05, 0.1) is 17.2 Å². The number of amides is 1. The molecule has 1 N–H and O–H groups in total. The number of hydrogen-bond acceptors (Lipinski definition) is 3. The Morgan fingerprint density at radius 1 is 1.08 bits per heavy atom. The van der Waals surface area contributed by atoms with Gasteiger partial charge in [-0.2, -0.15) is 0 Å². The quantitative estimate of drug-likeness (QED) is 0.806. The summed E-state index contributed by atoms with van der Waals surface area (Å²) in [4.78, 5) is 12.5. The van der Waals surface area contributed by atoms with E-state index in [0.717, 1.165) is 18.3 Å². The maximum Gasteiger partial charge on any atom is 0.457 e. The average molecular weight is 345 g/mol. The first kappa shape index (κ1) is 20.0. The van der Waals surface area contributed by atoms with Crippen LogP contribution in [0.25, 0.3) is 0 Å². The molecular formula is C20H32BNO3. The first-order valence-electron chi connectivity index (χ1n) is 9.14. The lowest BCUT2D eigenvalue weighted by Crippen LogP contribution is -2.41. The maximum atomic E-state index is 12.5. The summed E-state index contributed by atoms with van der Waals surface area (Å²) in [7, 11) is -0.247. The van der Waals surface area contributed by atoms with E-state index in [1.54, 1.807) is 0 Å². The maximum absolute atomic E-state index is 12.5. The van der Waals surface area contributed by atoms with Crippen molar-refractivity contribution in [2.24, 2.45) is 5.41 Å². The minimum atomic E-state index is -0.419. The van der Waals surface area contributed by atoms with E-state index in [4.69, 9.17) is 9.31 Å². The molecule has 5 heteroatoms. The lowest BCUT2D eigenvalue weighted by atomic mass is 9.80. The molecule has 0 spiro atoms. The first-order valence-corrected chi connectivity index (χ1v) is 9.14. The Balaban J connectivity index is 2.06. The second kappa shape index (κ2) is 7.12. The lowest BCUT2D eigenvalue weighted by molar-refractivity contribution is -0.129. The predicted molar refractivity (Wildman–Crippen MR) is 102 cm³/mol. The van der Waals surface area contributed by atoms with Crippen LogP contribution in [-0.4, -0.2) is 24.2 Å². The van der Waals surface area contributed by atoms with Gasteiger partial charge in [-0.1, -0.05) is 51.1 Å². The molecule has 1 unspecified atom stereocenters. The van der Waals surface area contributed by atoms with Crippen molar-refractivity contribution in [1.29, 1.82) is 0 Å². The van der Waals surface area contributed by atoms with Crippen LogP contribution in [0, 0.1) is 5.41 Å². The van der Waals surface area contributed by atoms with E-state index in [0.29, 0.717) is 0 Å². The Kier molecular flexibility index (Phi) is 5.70. The largest absolute Gasteiger partial charge is 0.457 e. The van der Waals surface area contributed by atoms with Gasteiger partial charge >= 0.3 is 7.12 Å². The summed E-state index contributed by atoms with van der Waals surface area (Å²) in [6, 6.07) is 10.0. The van der Waals surface area contributed by atoms with Crippen molar-refractivity contribution < 1.29 is 14.1 Å². The van der Waals surface area contributed by atoms with Crippen LogP contribution in [0.15, 0.2) is 30.3 Å². The molecule has 4 nitrogen and oxygen atoms in total.